The highest BCUT2D eigenvalue weighted by atomic mass is 16.5. The van der Waals surface area contributed by atoms with Crippen LogP contribution in [0, 0.1) is 0 Å². The summed E-state index contributed by atoms with van der Waals surface area (Å²) < 4.78 is 4.81. The highest BCUT2D eigenvalue weighted by molar-refractivity contribution is 6.32. The van der Waals surface area contributed by atoms with E-state index in [1.807, 2.05) is 0 Å². The monoisotopic (exact) mass is 339 g/mol. The molecular formula is C16H25N3O5. The van der Waals surface area contributed by atoms with Gasteiger partial charge in [0.25, 0.3) is 0 Å². The van der Waals surface area contributed by atoms with Gasteiger partial charge in [-0.15, -0.1) is 0 Å². The van der Waals surface area contributed by atoms with E-state index in [0.29, 0.717) is 45.3 Å². The molecule has 3 N–H and O–H groups in total. The summed E-state index contributed by atoms with van der Waals surface area (Å²) >= 11 is 0. The lowest BCUT2D eigenvalue weighted by Crippen LogP contribution is -2.33. The molecule has 0 saturated carbocycles. The standard InChI is InChI=1S/C16H25N3O5/c1-3-13(20)17-9-5-6-11-19-15(22)16(23)24-12-8-7-10-18-14(21)4-2/h3-4H,1-2,5-12H2,(H,17,20)(H,18,21)(H,19,22). The summed E-state index contributed by atoms with van der Waals surface area (Å²) in [5.74, 6) is -2.21. The van der Waals surface area contributed by atoms with E-state index in [0.717, 1.165) is 0 Å². The smallest absolute Gasteiger partial charge is 0.396 e. The summed E-state index contributed by atoms with van der Waals surface area (Å²) in [6.07, 6.45) is 4.83. The number of unbranched alkanes of at least 4 members (excludes halogenated alkanes) is 2. The molecule has 0 fully saturated rings. The van der Waals surface area contributed by atoms with Crippen molar-refractivity contribution in [3.05, 3.63) is 25.3 Å². The lowest BCUT2D eigenvalue weighted by molar-refractivity contribution is -0.155. The predicted octanol–water partition coefficient (Wildman–Crippen LogP) is -0.189. The van der Waals surface area contributed by atoms with E-state index in [1.54, 1.807) is 0 Å². The van der Waals surface area contributed by atoms with Crippen LogP contribution in [-0.2, 0) is 23.9 Å². The summed E-state index contributed by atoms with van der Waals surface area (Å²) in [4.78, 5) is 44.6. The highest BCUT2D eigenvalue weighted by Crippen LogP contribution is 1.91. The second-order valence-corrected chi connectivity index (χ2v) is 4.80. The van der Waals surface area contributed by atoms with Crippen LogP contribution in [0.15, 0.2) is 25.3 Å². The fraction of sp³-hybridized carbons (Fsp3) is 0.500. The SMILES string of the molecule is C=CC(=O)NCCCCNC(=O)C(=O)OCCCCNC(=O)C=C. The molecule has 0 rings (SSSR count). The zero-order valence-corrected chi connectivity index (χ0v) is 13.8. The lowest BCUT2D eigenvalue weighted by Gasteiger charge is -2.06. The van der Waals surface area contributed by atoms with Gasteiger partial charge in [0.2, 0.25) is 11.8 Å². The molecule has 0 heterocycles. The van der Waals surface area contributed by atoms with Crippen molar-refractivity contribution in [2.75, 3.05) is 26.2 Å². The first-order valence-electron chi connectivity index (χ1n) is 7.76. The first-order valence-corrected chi connectivity index (χ1v) is 7.76. The molecule has 3 amide bonds. The van der Waals surface area contributed by atoms with Crippen LogP contribution in [-0.4, -0.2) is 49.9 Å². The Labute approximate surface area is 141 Å². The fourth-order valence-corrected chi connectivity index (χ4v) is 1.55. The van der Waals surface area contributed by atoms with Crippen LogP contribution in [0.3, 0.4) is 0 Å². The predicted molar refractivity (Wildman–Crippen MR) is 88.9 cm³/mol. The van der Waals surface area contributed by atoms with Crippen molar-refractivity contribution < 1.29 is 23.9 Å². The van der Waals surface area contributed by atoms with Gasteiger partial charge in [-0.3, -0.25) is 14.4 Å². The Morgan fingerprint density at radius 1 is 0.750 bits per heavy atom. The number of rotatable bonds is 12. The van der Waals surface area contributed by atoms with Crippen molar-refractivity contribution in [3.63, 3.8) is 0 Å². The van der Waals surface area contributed by atoms with E-state index in [1.165, 1.54) is 12.2 Å². The molecule has 134 valence electrons. The van der Waals surface area contributed by atoms with E-state index in [2.05, 4.69) is 29.1 Å². The maximum Gasteiger partial charge on any atom is 0.396 e. The van der Waals surface area contributed by atoms with Crippen LogP contribution in [0.25, 0.3) is 0 Å². The van der Waals surface area contributed by atoms with Gasteiger partial charge in [0.05, 0.1) is 6.61 Å². The molecule has 0 aliphatic heterocycles. The van der Waals surface area contributed by atoms with Crippen molar-refractivity contribution in [1.82, 2.24) is 16.0 Å². The van der Waals surface area contributed by atoms with E-state index < -0.39 is 11.9 Å². The van der Waals surface area contributed by atoms with Gasteiger partial charge in [-0.25, -0.2) is 4.79 Å². The van der Waals surface area contributed by atoms with Crippen LogP contribution in [0.1, 0.15) is 25.7 Å². The minimum Gasteiger partial charge on any atom is -0.459 e. The van der Waals surface area contributed by atoms with Crippen LogP contribution >= 0.6 is 0 Å². The molecule has 0 saturated heterocycles. The second kappa shape index (κ2) is 14.0. The quantitative estimate of drug-likeness (QED) is 0.197. The van der Waals surface area contributed by atoms with Gasteiger partial charge in [-0.2, -0.15) is 0 Å². The summed E-state index contributed by atoms with van der Waals surface area (Å²) in [7, 11) is 0. The van der Waals surface area contributed by atoms with Crippen LogP contribution < -0.4 is 16.0 Å². The molecule has 8 heteroatoms. The summed E-state index contributed by atoms with van der Waals surface area (Å²) in [6.45, 7) is 8.03. The molecule has 0 atom stereocenters. The maximum absolute atomic E-state index is 11.4. The summed E-state index contributed by atoms with van der Waals surface area (Å²) in [5, 5.41) is 7.64. The largest absolute Gasteiger partial charge is 0.459 e. The van der Waals surface area contributed by atoms with Crippen LogP contribution in [0.5, 0.6) is 0 Å². The maximum atomic E-state index is 11.4. The Kier molecular flexibility index (Phi) is 12.4. The minimum absolute atomic E-state index is 0.115. The number of hydrogen-bond donors (Lipinski definition) is 3. The van der Waals surface area contributed by atoms with Crippen molar-refractivity contribution in [1.29, 1.82) is 0 Å². The average molecular weight is 339 g/mol. The van der Waals surface area contributed by atoms with Gasteiger partial charge < -0.3 is 20.7 Å². The molecule has 0 spiro atoms. The number of carbonyl (C=O) groups excluding carboxylic acids is 4. The van der Waals surface area contributed by atoms with Crippen LogP contribution in [0.2, 0.25) is 0 Å². The Morgan fingerprint density at radius 2 is 1.21 bits per heavy atom. The topological polar surface area (TPSA) is 114 Å². The highest BCUT2D eigenvalue weighted by Gasteiger charge is 2.13. The molecule has 0 aromatic carbocycles. The number of hydrogen-bond acceptors (Lipinski definition) is 5. The van der Waals surface area contributed by atoms with Gasteiger partial charge in [-0.05, 0) is 37.8 Å². The zero-order chi connectivity index (χ0) is 18.2. The molecule has 0 aromatic heterocycles. The van der Waals surface area contributed by atoms with Crippen molar-refractivity contribution in [2.24, 2.45) is 0 Å². The van der Waals surface area contributed by atoms with Crippen molar-refractivity contribution in [2.45, 2.75) is 25.7 Å². The lowest BCUT2D eigenvalue weighted by atomic mass is 10.3. The molecule has 0 unspecified atom stereocenters. The molecule has 0 bridgehead atoms. The van der Waals surface area contributed by atoms with E-state index in [4.69, 9.17) is 4.74 Å². The number of nitrogens with one attached hydrogen (secondary N) is 3. The van der Waals surface area contributed by atoms with E-state index in [-0.39, 0.29) is 18.4 Å². The number of carbonyl (C=O) groups is 4. The molecule has 0 aliphatic carbocycles. The summed E-state index contributed by atoms with van der Waals surface area (Å²) in [6, 6.07) is 0. The Hall–Kier alpha value is -2.64. The Bertz CT molecular complexity index is 421. The van der Waals surface area contributed by atoms with Gasteiger partial charge >= 0.3 is 11.9 Å². The summed E-state index contributed by atoms with van der Waals surface area (Å²) in [5.41, 5.74) is 0. The Morgan fingerprint density at radius 3 is 1.71 bits per heavy atom. The fourth-order valence-electron chi connectivity index (χ4n) is 1.55. The molecule has 0 radical (unpaired) electrons. The van der Waals surface area contributed by atoms with Gasteiger partial charge in [0, 0.05) is 19.6 Å². The van der Waals surface area contributed by atoms with E-state index in [9.17, 15) is 19.2 Å². The van der Waals surface area contributed by atoms with Crippen LogP contribution in [0.4, 0.5) is 0 Å². The normalized spacial score (nSPS) is 9.50. The minimum atomic E-state index is -0.926. The first-order chi connectivity index (χ1) is 11.5. The third-order valence-corrected chi connectivity index (χ3v) is 2.85. The van der Waals surface area contributed by atoms with Gasteiger partial charge in [0.1, 0.15) is 0 Å². The molecule has 24 heavy (non-hydrogen) atoms. The molecule has 0 aliphatic rings. The van der Waals surface area contributed by atoms with Gasteiger partial charge in [0.15, 0.2) is 0 Å². The number of amides is 3. The Balaban J connectivity index is 3.54. The third-order valence-electron chi connectivity index (χ3n) is 2.85. The average Bonchev–Trinajstić information content (AvgIpc) is 2.59. The van der Waals surface area contributed by atoms with E-state index >= 15 is 0 Å². The second-order valence-electron chi connectivity index (χ2n) is 4.80. The molecule has 0 aromatic rings. The van der Waals surface area contributed by atoms with Crippen molar-refractivity contribution >= 4 is 23.7 Å². The zero-order valence-electron chi connectivity index (χ0n) is 13.8. The number of esters is 1. The molecule has 8 nitrogen and oxygen atoms in total. The first kappa shape index (κ1) is 21.4. The number of ether oxygens (including phenoxy) is 1. The molecular weight excluding hydrogens is 314 g/mol. The van der Waals surface area contributed by atoms with Gasteiger partial charge in [-0.1, -0.05) is 13.2 Å². The van der Waals surface area contributed by atoms with Crippen molar-refractivity contribution in [3.8, 4) is 0 Å². The third kappa shape index (κ3) is 12.0.